The lowest BCUT2D eigenvalue weighted by molar-refractivity contribution is -0.132. The van der Waals surface area contributed by atoms with Gasteiger partial charge in [-0.05, 0) is 24.3 Å². The van der Waals surface area contributed by atoms with Gasteiger partial charge in [-0.1, -0.05) is 60.7 Å². The summed E-state index contributed by atoms with van der Waals surface area (Å²) in [5, 5.41) is 0. The smallest absolute Gasteiger partial charge is 0.269 e. The molecule has 1 fully saturated rings. The maximum atomic E-state index is 12.8. The summed E-state index contributed by atoms with van der Waals surface area (Å²) in [4.78, 5) is 31.0. The van der Waals surface area contributed by atoms with Crippen molar-refractivity contribution in [1.29, 1.82) is 0 Å². The Hall–Kier alpha value is -3.21. The predicted molar refractivity (Wildman–Crippen MR) is 109 cm³/mol. The van der Waals surface area contributed by atoms with Gasteiger partial charge >= 0.3 is 0 Å². The number of carbonyl (C=O) groups is 1. The second kappa shape index (κ2) is 8.21. The number of piperidine rings is 1. The molecule has 0 spiro atoms. The highest BCUT2D eigenvalue weighted by Crippen LogP contribution is 2.27. The Morgan fingerprint density at radius 2 is 1.61 bits per heavy atom. The summed E-state index contributed by atoms with van der Waals surface area (Å²) in [6, 6.07) is 20.1. The molecule has 1 aliphatic rings. The number of hydrogen-bond donors (Lipinski definition) is 0. The van der Waals surface area contributed by atoms with Crippen LogP contribution in [0.1, 0.15) is 24.3 Å². The van der Waals surface area contributed by atoms with Crippen LogP contribution in [0.3, 0.4) is 0 Å². The zero-order valence-corrected chi connectivity index (χ0v) is 15.7. The van der Waals surface area contributed by atoms with Gasteiger partial charge in [-0.3, -0.25) is 9.59 Å². The van der Waals surface area contributed by atoms with Crippen molar-refractivity contribution < 1.29 is 4.79 Å². The van der Waals surface area contributed by atoms with E-state index in [0.717, 1.165) is 31.5 Å². The van der Waals surface area contributed by atoms with E-state index in [9.17, 15) is 9.59 Å². The SMILES string of the molecule is O=C(Cn1cc(-c2ccccc2)ncc1=O)N1CCC(c2ccccc2)CC1. The summed E-state index contributed by atoms with van der Waals surface area (Å²) in [6.45, 7) is 1.50. The minimum atomic E-state index is -0.257. The molecule has 0 aliphatic carbocycles. The first kappa shape index (κ1) is 18.2. The number of benzene rings is 2. The van der Waals surface area contributed by atoms with Gasteiger partial charge in [0.1, 0.15) is 6.54 Å². The first-order chi connectivity index (χ1) is 13.7. The monoisotopic (exact) mass is 373 g/mol. The van der Waals surface area contributed by atoms with E-state index in [1.54, 1.807) is 6.20 Å². The number of amides is 1. The number of likely N-dealkylation sites (tertiary alicyclic amines) is 1. The standard InChI is InChI=1S/C23H23N3O2/c27-22-15-24-21(20-9-5-2-6-10-20)16-26(22)17-23(28)25-13-11-19(12-14-25)18-7-3-1-4-8-18/h1-10,15-16,19H,11-14,17H2. The maximum Gasteiger partial charge on any atom is 0.269 e. The summed E-state index contributed by atoms with van der Waals surface area (Å²) in [6.07, 6.45) is 4.87. The molecule has 2 heterocycles. The predicted octanol–water partition coefficient (Wildman–Crippen LogP) is 3.32. The fraction of sp³-hybridized carbons (Fsp3) is 0.261. The van der Waals surface area contributed by atoms with Crippen molar-refractivity contribution in [3.63, 3.8) is 0 Å². The summed E-state index contributed by atoms with van der Waals surface area (Å²) < 4.78 is 1.46. The zero-order chi connectivity index (χ0) is 19.3. The highest BCUT2D eigenvalue weighted by atomic mass is 16.2. The van der Waals surface area contributed by atoms with Crippen LogP contribution in [0.15, 0.2) is 77.9 Å². The van der Waals surface area contributed by atoms with Gasteiger partial charge in [-0.2, -0.15) is 0 Å². The van der Waals surface area contributed by atoms with Gasteiger partial charge in [0.25, 0.3) is 5.56 Å². The van der Waals surface area contributed by atoms with Crippen molar-refractivity contribution in [2.45, 2.75) is 25.3 Å². The molecule has 1 saturated heterocycles. The Kier molecular flexibility index (Phi) is 5.33. The molecular weight excluding hydrogens is 350 g/mol. The molecule has 0 bridgehead atoms. The molecule has 0 atom stereocenters. The molecule has 1 amide bonds. The largest absolute Gasteiger partial charge is 0.341 e. The Bertz CT molecular complexity index is 991. The quantitative estimate of drug-likeness (QED) is 0.705. The number of rotatable bonds is 4. The fourth-order valence-corrected chi connectivity index (χ4v) is 3.76. The van der Waals surface area contributed by atoms with Gasteiger partial charge in [0.2, 0.25) is 5.91 Å². The molecule has 0 radical (unpaired) electrons. The van der Waals surface area contributed by atoms with Gasteiger partial charge in [0, 0.05) is 24.8 Å². The lowest BCUT2D eigenvalue weighted by Gasteiger charge is -2.32. The van der Waals surface area contributed by atoms with Crippen LogP contribution in [0.2, 0.25) is 0 Å². The first-order valence-electron chi connectivity index (χ1n) is 9.65. The number of carbonyl (C=O) groups excluding carboxylic acids is 1. The van der Waals surface area contributed by atoms with Crippen LogP contribution in [-0.4, -0.2) is 33.4 Å². The molecule has 2 aromatic carbocycles. The van der Waals surface area contributed by atoms with Gasteiger partial charge < -0.3 is 9.47 Å². The molecule has 1 aliphatic heterocycles. The molecule has 3 aromatic rings. The summed E-state index contributed by atoms with van der Waals surface area (Å²) >= 11 is 0. The molecule has 5 nitrogen and oxygen atoms in total. The molecule has 0 N–H and O–H groups in total. The van der Waals surface area contributed by atoms with Crippen molar-refractivity contribution in [2.24, 2.45) is 0 Å². The van der Waals surface area contributed by atoms with Crippen molar-refractivity contribution in [3.8, 4) is 11.3 Å². The number of aromatic nitrogens is 2. The van der Waals surface area contributed by atoms with Crippen molar-refractivity contribution in [1.82, 2.24) is 14.5 Å². The van der Waals surface area contributed by atoms with E-state index >= 15 is 0 Å². The molecule has 1 aromatic heterocycles. The highest BCUT2D eigenvalue weighted by molar-refractivity contribution is 5.76. The van der Waals surface area contributed by atoms with E-state index < -0.39 is 0 Å². The minimum absolute atomic E-state index is 0.0150. The summed E-state index contributed by atoms with van der Waals surface area (Å²) in [5.74, 6) is 0.484. The molecule has 0 unspecified atom stereocenters. The maximum absolute atomic E-state index is 12.8. The summed E-state index contributed by atoms with van der Waals surface area (Å²) in [7, 11) is 0. The van der Waals surface area contributed by atoms with Crippen LogP contribution in [-0.2, 0) is 11.3 Å². The lowest BCUT2D eigenvalue weighted by Crippen LogP contribution is -2.41. The first-order valence-corrected chi connectivity index (χ1v) is 9.65. The lowest BCUT2D eigenvalue weighted by atomic mass is 9.89. The second-order valence-corrected chi connectivity index (χ2v) is 7.17. The Labute approximate surface area is 164 Å². The van der Waals surface area contributed by atoms with Crippen LogP contribution in [0.5, 0.6) is 0 Å². The van der Waals surface area contributed by atoms with E-state index in [1.807, 2.05) is 41.3 Å². The van der Waals surface area contributed by atoms with Crippen LogP contribution >= 0.6 is 0 Å². The molecule has 142 valence electrons. The van der Waals surface area contributed by atoms with E-state index in [1.165, 1.54) is 16.3 Å². The van der Waals surface area contributed by atoms with E-state index in [-0.39, 0.29) is 18.0 Å². The molecule has 4 rings (SSSR count). The molecule has 5 heteroatoms. The number of nitrogens with zero attached hydrogens (tertiary/aromatic N) is 3. The molecule has 28 heavy (non-hydrogen) atoms. The van der Waals surface area contributed by atoms with Crippen LogP contribution < -0.4 is 5.56 Å². The molecule has 0 saturated carbocycles. The normalized spacial score (nSPS) is 14.8. The third kappa shape index (κ3) is 4.03. The second-order valence-electron chi connectivity index (χ2n) is 7.17. The van der Waals surface area contributed by atoms with Crippen molar-refractivity contribution in [2.75, 3.05) is 13.1 Å². The zero-order valence-electron chi connectivity index (χ0n) is 15.7. The van der Waals surface area contributed by atoms with E-state index in [4.69, 9.17) is 0 Å². The van der Waals surface area contributed by atoms with Gasteiger partial charge in [0.05, 0.1) is 11.9 Å². The molecular formula is C23H23N3O2. The van der Waals surface area contributed by atoms with Crippen LogP contribution in [0.4, 0.5) is 0 Å². The Morgan fingerprint density at radius 3 is 2.29 bits per heavy atom. The van der Waals surface area contributed by atoms with Gasteiger partial charge in [0.15, 0.2) is 0 Å². The van der Waals surface area contributed by atoms with Crippen molar-refractivity contribution in [3.05, 3.63) is 89.0 Å². The highest BCUT2D eigenvalue weighted by Gasteiger charge is 2.24. The Morgan fingerprint density at radius 1 is 0.964 bits per heavy atom. The Balaban J connectivity index is 1.42. The average molecular weight is 373 g/mol. The van der Waals surface area contributed by atoms with E-state index in [2.05, 4.69) is 29.2 Å². The van der Waals surface area contributed by atoms with Gasteiger partial charge in [-0.15, -0.1) is 0 Å². The van der Waals surface area contributed by atoms with Crippen molar-refractivity contribution >= 4 is 5.91 Å². The van der Waals surface area contributed by atoms with Crippen LogP contribution in [0, 0.1) is 0 Å². The minimum Gasteiger partial charge on any atom is -0.341 e. The third-order valence-electron chi connectivity index (χ3n) is 5.37. The summed E-state index contributed by atoms with van der Waals surface area (Å²) in [5.41, 5.74) is 2.70. The topological polar surface area (TPSA) is 55.2 Å². The van der Waals surface area contributed by atoms with E-state index in [0.29, 0.717) is 11.6 Å². The fourth-order valence-electron chi connectivity index (χ4n) is 3.76. The van der Waals surface area contributed by atoms with Gasteiger partial charge in [-0.25, -0.2) is 4.98 Å². The third-order valence-corrected chi connectivity index (χ3v) is 5.37. The number of hydrogen-bond acceptors (Lipinski definition) is 3. The average Bonchev–Trinajstić information content (AvgIpc) is 2.76. The van der Waals surface area contributed by atoms with Crippen LogP contribution in [0.25, 0.3) is 11.3 Å².